The van der Waals surface area contributed by atoms with Crippen LogP contribution in [0.3, 0.4) is 0 Å². The minimum Gasteiger partial charge on any atom is -0.478 e. The van der Waals surface area contributed by atoms with Crippen molar-refractivity contribution in [2.45, 2.75) is 38.9 Å². The number of rotatable bonds is 10. The Hall–Kier alpha value is -3.38. The number of hydrogen-bond acceptors (Lipinski definition) is 6. The van der Waals surface area contributed by atoms with Crippen LogP contribution >= 0.6 is 11.6 Å². The van der Waals surface area contributed by atoms with Crippen LogP contribution in [-0.2, 0) is 19.6 Å². The van der Waals surface area contributed by atoms with Crippen LogP contribution in [0.15, 0.2) is 41.2 Å². The summed E-state index contributed by atoms with van der Waals surface area (Å²) in [6, 6.07) is 10.1. The summed E-state index contributed by atoms with van der Waals surface area (Å²) in [7, 11) is 3.98. The summed E-state index contributed by atoms with van der Waals surface area (Å²) in [5, 5.41) is 10.2. The lowest BCUT2D eigenvalue weighted by Gasteiger charge is -2.27. The second-order valence-electron chi connectivity index (χ2n) is 10.00. The second-order valence-corrected chi connectivity index (χ2v) is 10.4. The first-order chi connectivity index (χ1) is 18.3. The maximum atomic E-state index is 13.8. The van der Waals surface area contributed by atoms with Crippen molar-refractivity contribution in [1.29, 1.82) is 0 Å². The van der Waals surface area contributed by atoms with Crippen LogP contribution in [-0.4, -0.2) is 70.7 Å². The number of aromatic carboxylic acids is 1. The Bertz CT molecular complexity index is 1390. The molecule has 4 rings (SSSR count). The summed E-state index contributed by atoms with van der Waals surface area (Å²) in [5.74, 6) is 2.43. The Morgan fingerprint density at radius 1 is 1.16 bits per heavy atom. The van der Waals surface area contributed by atoms with E-state index in [1.165, 1.54) is 6.42 Å². The molecule has 1 N–H and O–H groups in total. The van der Waals surface area contributed by atoms with Crippen LogP contribution in [0, 0.1) is 12.3 Å². The number of piperidine rings is 1. The predicted octanol–water partition coefficient (Wildman–Crippen LogP) is 3.94. The highest BCUT2D eigenvalue weighted by atomic mass is 35.5. The summed E-state index contributed by atoms with van der Waals surface area (Å²) in [6.07, 6.45) is 9.21. The number of carboxylic acid groups (broad SMARTS) is 1. The zero-order valence-electron chi connectivity index (χ0n) is 22.0. The lowest BCUT2D eigenvalue weighted by Crippen LogP contribution is -2.35. The monoisotopic (exact) mass is 535 g/mol. The molecule has 0 atom stereocenters. The molecule has 9 heteroatoms. The van der Waals surface area contributed by atoms with Gasteiger partial charge >= 0.3 is 5.97 Å². The number of fused-ring (bicyclic) bond motifs is 1. The van der Waals surface area contributed by atoms with Crippen molar-refractivity contribution < 1.29 is 9.90 Å². The lowest BCUT2D eigenvalue weighted by atomic mass is 10.1. The third-order valence-corrected chi connectivity index (χ3v) is 7.26. The van der Waals surface area contributed by atoms with Crippen LogP contribution in [0.25, 0.3) is 10.9 Å². The van der Waals surface area contributed by atoms with E-state index in [0.717, 1.165) is 49.6 Å². The quantitative estimate of drug-likeness (QED) is 0.394. The van der Waals surface area contributed by atoms with Crippen LogP contribution in [0.2, 0.25) is 5.02 Å². The fourth-order valence-electron chi connectivity index (χ4n) is 4.79. The molecule has 1 aliphatic rings. The number of benzene rings is 2. The minimum atomic E-state index is -0.990. The molecule has 0 bridgehead atoms. The van der Waals surface area contributed by atoms with Gasteiger partial charge in [0, 0.05) is 30.3 Å². The van der Waals surface area contributed by atoms with E-state index in [4.69, 9.17) is 23.0 Å². The van der Waals surface area contributed by atoms with Crippen molar-refractivity contribution >= 4 is 34.2 Å². The summed E-state index contributed by atoms with van der Waals surface area (Å²) in [6.45, 7) is 4.59. The first-order valence-electron chi connectivity index (χ1n) is 12.9. The van der Waals surface area contributed by atoms with Crippen molar-refractivity contribution in [3.8, 4) is 12.3 Å². The zero-order chi connectivity index (χ0) is 27.2. The normalized spacial score (nSPS) is 14.1. The van der Waals surface area contributed by atoms with Gasteiger partial charge < -0.3 is 14.9 Å². The number of hydrogen-bond donors (Lipinski definition) is 1. The van der Waals surface area contributed by atoms with Crippen LogP contribution < -0.4 is 10.5 Å². The van der Waals surface area contributed by atoms with E-state index in [1.807, 2.05) is 25.1 Å². The first-order valence-corrected chi connectivity index (χ1v) is 13.3. The van der Waals surface area contributed by atoms with Gasteiger partial charge in [-0.2, -0.15) is 0 Å². The Morgan fingerprint density at radius 3 is 2.50 bits per heavy atom. The number of anilines is 1. The van der Waals surface area contributed by atoms with E-state index in [2.05, 4.69) is 15.7 Å². The SMILES string of the molecule is C#CCN(Cc1cc2c(=O)n(CCN(C)C)c(CN3CCCCC3)nc2cc1Cl)c1ccc(C(=O)O)cc1. The zero-order valence-corrected chi connectivity index (χ0v) is 22.7. The number of terminal acetylenes is 1. The van der Waals surface area contributed by atoms with Crippen molar-refractivity contribution in [2.24, 2.45) is 0 Å². The fourth-order valence-corrected chi connectivity index (χ4v) is 5.01. The van der Waals surface area contributed by atoms with E-state index in [0.29, 0.717) is 42.1 Å². The van der Waals surface area contributed by atoms with E-state index in [-0.39, 0.29) is 11.1 Å². The fraction of sp³-hybridized carbons (Fsp3) is 0.414. The second kappa shape index (κ2) is 12.4. The number of aromatic nitrogens is 2. The number of nitrogens with zero attached hydrogens (tertiary/aromatic N) is 5. The largest absolute Gasteiger partial charge is 0.478 e. The van der Waals surface area contributed by atoms with Gasteiger partial charge in [-0.25, -0.2) is 9.78 Å². The van der Waals surface area contributed by atoms with Crippen molar-refractivity contribution in [3.63, 3.8) is 0 Å². The molecule has 1 aromatic heterocycles. The van der Waals surface area contributed by atoms with Crippen LogP contribution in [0.5, 0.6) is 0 Å². The van der Waals surface area contributed by atoms with Gasteiger partial charge in [-0.3, -0.25) is 14.3 Å². The van der Waals surface area contributed by atoms with Crippen molar-refractivity contribution in [1.82, 2.24) is 19.4 Å². The van der Waals surface area contributed by atoms with Gasteiger partial charge in [0.25, 0.3) is 5.56 Å². The van der Waals surface area contributed by atoms with Gasteiger partial charge in [0.15, 0.2) is 0 Å². The van der Waals surface area contributed by atoms with E-state index >= 15 is 0 Å². The molecule has 1 fully saturated rings. The number of carboxylic acids is 1. The average molecular weight is 536 g/mol. The molecule has 1 aliphatic heterocycles. The molecule has 0 amide bonds. The predicted molar refractivity (Wildman–Crippen MR) is 152 cm³/mol. The molecule has 38 heavy (non-hydrogen) atoms. The number of halogens is 1. The highest BCUT2D eigenvalue weighted by molar-refractivity contribution is 6.32. The van der Waals surface area contributed by atoms with Crippen molar-refractivity contribution in [3.05, 3.63) is 68.7 Å². The molecular weight excluding hydrogens is 502 g/mol. The highest BCUT2D eigenvalue weighted by Gasteiger charge is 2.19. The molecule has 2 aromatic carbocycles. The van der Waals surface area contributed by atoms with Crippen LogP contribution in [0.4, 0.5) is 5.69 Å². The Morgan fingerprint density at radius 2 is 1.87 bits per heavy atom. The molecule has 1 saturated heterocycles. The topological polar surface area (TPSA) is 81.9 Å². The number of carbonyl (C=O) groups is 1. The molecule has 0 aliphatic carbocycles. The molecule has 200 valence electrons. The number of likely N-dealkylation sites (tertiary alicyclic amines) is 1. The van der Waals surface area contributed by atoms with Gasteiger partial charge in [0.2, 0.25) is 0 Å². The lowest BCUT2D eigenvalue weighted by molar-refractivity contribution is 0.0697. The van der Waals surface area contributed by atoms with Gasteiger partial charge in [-0.1, -0.05) is 23.9 Å². The Kier molecular flexibility index (Phi) is 9.05. The van der Waals surface area contributed by atoms with Crippen LogP contribution in [0.1, 0.15) is 41.0 Å². The molecule has 8 nitrogen and oxygen atoms in total. The van der Waals surface area contributed by atoms with Gasteiger partial charge in [-0.05, 0) is 82.0 Å². The summed E-state index contributed by atoms with van der Waals surface area (Å²) in [4.78, 5) is 36.3. The standard InChI is InChI=1S/C29H34ClN5O3/c1-4-12-34(23-10-8-21(9-11-23)29(37)38)19-22-17-24-26(18-25(22)30)31-27(20-33-13-6-5-7-14-33)35(28(24)36)16-15-32(2)3/h1,8-11,17-18H,5-7,12-16,19-20H2,2-3H3,(H,37,38). The smallest absolute Gasteiger partial charge is 0.335 e. The first kappa shape index (κ1) is 27.6. The third kappa shape index (κ3) is 6.54. The Labute approximate surface area is 228 Å². The Balaban J connectivity index is 1.71. The molecule has 2 heterocycles. The summed E-state index contributed by atoms with van der Waals surface area (Å²) < 4.78 is 1.80. The van der Waals surface area contributed by atoms with Gasteiger partial charge in [0.1, 0.15) is 5.82 Å². The third-order valence-electron chi connectivity index (χ3n) is 6.91. The van der Waals surface area contributed by atoms with E-state index in [1.54, 1.807) is 34.9 Å². The van der Waals surface area contributed by atoms with Gasteiger partial charge in [0.05, 0.1) is 29.6 Å². The molecule has 0 saturated carbocycles. The average Bonchev–Trinajstić information content (AvgIpc) is 2.89. The molecular formula is C29H34ClN5O3. The van der Waals surface area contributed by atoms with Crippen molar-refractivity contribution in [2.75, 3.05) is 45.2 Å². The van der Waals surface area contributed by atoms with Gasteiger partial charge in [-0.15, -0.1) is 6.42 Å². The molecule has 0 spiro atoms. The van der Waals surface area contributed by atoms with E-state index < -0.39 is 5.97 Å². The maximum absolute atomic E-state index is 13.8. The summed E-state index contributed by atoms with van der Waals surface area (Å²) in [5.41, 5.74) is 2.23. The summed E-state index contributed by atoms with van der Waals surface area (Å²) >= 11 is 6.72. The number of likely N-dealkylation sites (N-methyl/N-ethyl adjacent to an activating group) is 1. The molecule has 3 aromatic rings. The maximum Gasteiger partial charge on any atom is 0.335 e. The minimum absolute atomic E-state index is 0.0731. The highest BCUT2D eigenvalue weighted by Crippen LogP contribution is 2.26. The molecule has 0 radical (unpaired) electrons. The molecule has 0 unspecified atom stereocenters. The van der Waals surface area contributed by atoms with E-state index in [9.17, 15) is 14.7 Å².